The molecule has 3 aromatic rings. The molecular formula is C33H39F4N5O3. The van der Waals surface area contributed by atoms with Crippen LogP contribution in [0.1, 0.15) is 48.7 Å². The van der Waals surface area contributed by atoms with Crippen molar-refractivity contribution in [1.29, 1.82) is 0 Å². The second-order valence-corrected chi connectivity index (χ2v) is 11.8. The van der Waals surface area contributed by atoms with Crippen LogP contribution in [0.4, 0.5) is 28.9 Å². The van der Waals surface area contributed by atoms with Crippen molar-refractivity contribution in [2.45, 2.75) is 56.9 Å². The summed E-state index contributed by atoms with van der Waals surface area (Å²) in [5.74, 6) is 4.61. The van der Waals surface area contributed by atoms with Crippen molar-refractivity contribution < 1.29 is 31.8 Å². The third-order valence-electron chi connectivity index (χ3n) is 8.82. The van der Waals surface area contributed by atoms with Gasteiger partial charge in [-0.15, -0.1) is 0 Å². The van der Waals surface area contributed by atoms with Crippen LogP contribution in [0.25, 0.3) is 10.9 Å². The molecule has 0 spiro atoms. The molecule has 2 fully saturated rings. The average Bonchev–Trinajstić information content (AvgIpc) is 3.37. The molecule has 242 valence electrons. The molecule has 2 aromatic carbocycles. The highest BCUT2D eigenvalue weighted by Crippen LogP contribution is 2.37. The summed E-state index contributed by atoms with van der Waals surface area (Å²) in [6.45, 7) is 4.53. The van der Waals surface area contributed by atoms with Crippen molar-refractivity contribution in [2.75, 3.05) is 57.6 Å². The molecule has 0 atom stereocenters. The summed E-state index contributed by atoms with van der Waals surface area (Å²) in [6.07, 6.45) is -0.472. The minimum Gasteiger partial charge on any atom is -0.495 e. The number of anilines is 2. The fourth-order valence-corrected chi connectivity index (χ4v) is 6.33. The molecule has 1 saturated heterocycles. The number of methoxy groups -OCH3 is 1. The predicted molar refractivity (Wildman–Crippen MR) is 166 cm³/mol. The second-order valence-electron chi connectivity index (χ2n) is 11.8. The number of carbonyl (C=O) groups is 1. The highest BCUT2D eigenvalue weighted by Gasteiger charge is 2.37. The Kier molecular flexibility index (Phi) is 9.79. The van der Waals surface area contributed by atoms with E-state index in [0.717, 1.165) is 63.7 Å². The van der Waals surface area contributed by atoms with Gasteiger partial charge in [0.2, 0.25) is 0 Å². The van der Waals surface area contributed by atoms with E-state index < -0.39 is 24.4 Å². The van der Waals surface area contributed by atoms with E-state index in [1.807, 2.05) is 6.07 Å². The lowest BCUT2D eigenvalue weighted by Gasteiger charge is -2.47. The molecule has 0 unspecified atom stereocenters. The van der Waals surface area contributed by atoms with Crippen LogP contribution in [0.5, 0.6) is 5.75 Å². The highest BCUT2D eigenvalue weighted by molar-refractivity contribution is 5.95. The van der Waals surface area contributed by atoms with E-state index in [2.05, 4.69) is 39.6 Å². The Hall–Kier alpha value is -3.95. The molecule has 45 heavy (non-hydrogen) atoms. The van der Waals surface area contributed by atoms with Crippen molar-refractivity contribution in [3.05, 3.63) is 53.5 Å². The maximum atomic E-state index is 14.5. The van der Waals surface area contributed by atoms with Gasteiger partial charge in [0.15, 0.2) is 0 Å². The normalized spacial score (nSPS) is 20.7. The predicted octanol–water partition coefficient (Wildman–Crippen LogP) is 5.62. The first-order valence-electron chi connectivity index (χ1n) is 15.1. The fourth-order valence-electron chi connectivity index (χ4n) is 6.33. The summed E-state index contributed by atoms with van der Waals surface area (Å²) in [5.41, 5.74) is 1.66. The molecule has 2 aliphatic rings. The Labute approximate surface area is 260 Å². The second kappa shape index (κ2) is 13.6. The number of morpholine rings is 1. The van der Waals surface area contributed by atoms with Crippen LogP contribution < -0.4 is 20.7 Å². The SMILES string of the molecule is CNC(=O)c1cc(OC)c(NCC#Cc2cc3c(NC4CCC(C)(N5CCOCC5)CC4)cccc3n2CC(F)(F)F)cc1F. The van der Waals surface area contributed by atoms with Gasteiger partial charge in [0.05, 0.1) is 49.3 Å². The smallest absolute Gasteiger partial charge is 0.406 e. The van der Waals surface area contributed by atoms with Crippen LogP contribution in [0.3, 0.4) is 0 Å². The fraction of sp³-hybridized carbons (Fsp3) is 0.485. The minimum absolute atomic E-state index is 0.00223. The first kappa shape index (κ1) is 32.4. The molecule has 0 radical (unpaired) electrons. The van der Waals surface area contributed by atoms with Crippen molar-refractivity contribution in [3.8, 4) is 17.6 Å². The van der Waals surface area contributed by atoms with Gasteiger partial charge in [-0.05, 0) is 62.8 Å². The molecule has 1 aliphatic heterocycles. The number of carbonyl (C=O) groups excluding carboxylic acids is 1. The number of hydrogen-bond acceptors (Lipinski definition) is 6. The highest BCUT2D eigenvalue weighted by atomic mass is 19.4. The number of halogens is 4. The van der Waals surface area contributed by atoms with Crippen molar-refractivity contribution in [3.63, 3.8) is 0 Å². The van der Waals surface area contributed by atoms with Gasteiger partial charge in [-0.1, -0.05) is 12.0 Å². The number of ether oxygens (including phenoxy) is 2. The third-order valence-corrected chi connectivity index (χ3v) is 8.82. The first-order chi connectivity index (χ1) is 21.5. The standard InChI is InChI=1S/C33H39F4N5O3/c1-32(41-14-16-45-17-15-41)11-9-22(10-12-32)40-27-7-4-8-29-25(27)18-23(42(29)21-33(35,36)37)6-5-13-39-28-20-26(34)24(31(43)38-2)19-30(28)44-3/h4,7-8,18-20,22,39-40H,9-17,21H2,1-3H3,(H,38,43). The number of amides is 1. The van der Waals surface area contributed by atoms with E-state index in [0.29, 0.717) is 10.9 Å². The van der Waals surface area contributed by atoms with Crippen molar-refractivity contribution in [2.24, 2.45) is 0 Å². The lowest BCUT2D eigenvalue weighted by molar-refractivity contribution is -0.140. The van der Waals surface area contributed by atoms with Crippen molar-refractivity contribution in [1.82, 2.24) is 14.8 Å². The van der Waals surface area contributed by atoms with Gasteiger partial charge < -0.3 is 30.0 Å². The van der Waals surface area contributed by atoms with Crippen LogP contribution in [-0.2, 0) is 11.3 Å². The molecule has 2 heterocycles. The molecule has 8 nitrogen and oxygen atoms in total. The Morgan fingerprint density at radius 2 is 1.87 bits per heavy atom. The molecule has 1 saturated carbocycles. The Morgan fingerprint density at radius 1 is 1.13 bits per heavy atom. The summed E-state index contributed by atoms with van der Waals surface area (Å²) < 4.78 is 67.6. The summed E-state index contributed by atoms with van der Waals surface area (Å²) in [6, 6.07) is 9.63. The van der Waals surface area contributed by atoms with Crippen LogP contribution >= 0.6 is 0 Å². The van der Waals surface area contributed by atoms with Gasteiger partial charge in [-0.3, -0.25) is 9.69 Å². The molecule has 1 amide bonds. The molecule has 12 heteroatoms. The average molecular weight is 630 g/mol. The molecule has 1 aromatic heterocycles. The zero-order valence-corrected chi connectivity index (χ0v) is 25.7. The monoisotopic (exact) mass is 629 g/mol. The molecular weight excluding hydrogens is 590 g/mol. The summed E-state index contributed by atoms with van der Waals surface area (Å²) >= 11 is 0. The lowest BCUT2D eigenvalue weighted by Crippen LogP contribution is -2.54. The number of nitrogens with one attached hydrogen (secondary N) is 3. The number of alkyl halides is 3. The van der Waals surface area contributed by atoms with Gasteiger partial charge >= 0.3 is 6.18 Å². The Morgan fingerprint density at radius 3 is 2.53 bits per heavy atom. The van der Waals surface area contributed by atoms with Crippen LogP contribution in [0.2, 0.25) is 0 Å². The first-order valence-corrected chi connectivity index (χ1v) is 15.1. The molecule has 0 bridgehead atoms. The summed E-state index contributed by atoms with van der Waals surface area (Å²) in [7, 11) is 2.78. The number of hydrogen-bond donors (Lipinski definition) is 3. The van der Waals surface area contributed by atoms with Gasteiger partial charge in [0, 0.05) is 48.9 Å². The molecule has 5 rings (SSSR count). The minimum atomic E-state index is -4.45. The van der Waals surface area contributed by atoms with Gasteiger partial charge in [0.25, 0.3) is 5.91 Å². The zero-order chi connectivity index (χ0) is 32.2. The van der Waals surface area contributed by atoms with Crippen LogP contribution in [-0.4, -0.2) is 80.1 Å². The quantitative estimate of drug-likeness (QED) is 0.222. The largest absolute Gasteiger partial charge is 0.495 e. The zero-order valence-electron chi connectivity index (χ0n) is 25.7. The van der Waals surface area contributed by atoms with E-state index >= 15 is 0 Å². The Balaban J connectivity index is 1.34. The van der Waals surface area contributed by atoms with Gasteiger partial charge in [0.1, 0.15) is 18.1 Å². The van der Waals surface area contributed by atoms with E-state index in [4.69, 9.17) is 9.47 Å². The Bertz CT molecular complexity index is 1580. The number of aromatic nitrogens is 1. The summed E-state index contributed by atoms with van der Waals surface area (Å²) in [4.78, 5) is 14.4. The van der Waals surface area contributed by atoms with Crippen molar-refractivity contribution >= 4 is 28.2 Å². The van der Waals surface area contributed by atoms with E-state index in [9.17, 15) is 22.4 Å². The number of fused-ring (bicyclic) bond motifs is 1. The maximum absolute atomic E-state index is 14.5. The topological polar surface area (TPSA) is 79.8 Å². The number of rotatable bonds is 8. The molecule has 1 aliphatic carbocycles. The van der Waals surface area contributed by atoms with Crippen LogP contribution in [0, 0.1) is 17.7 Å². The summed E-state index contributed by atoms with van der Waals surface area (Å²) in [5, 5.41) is 9.59. The van der Waals surface area contributed by atoms with E-state index in [1.165, 1.54) is 24.8 Å². The maximum Gasteiger partial charge on any atom is 0.406 e. The lowest BCUT2D eigenvalue weighted by atomic mass is 9.79. The number of benzene rings is 2. The molecule has 3 N–H and O–H groups in total. The van der Waals surface area contributed by atoms with E-state index in [1.54, 1.807) is 18.2 Å². The van der Waals surface area contributed by atoms with E-state index in [-0.39, 0.29) is 40.8 Å². The van der Waals surface area contributed by atoms with Gasteiger partial charge in [-0.2, -0.15) is 13.2 Å². The van der Waals surface area contributed by atoms with Crippen LogP contribution in [0.15, 0.2) is 36.4 Å². The third kappa shape index (κ3) is 7.48. The number of nitrogens with zero attached hydrogens (tertiary/aromatic N) is 2. The van der Waals surface area contributed by atoms with Gasteiger partial charge in [-0.25, -0.2) is 4.39 Å².